The van der Waals surface area contributed by atoms with Crippen LogP contribution in [0.3, 0.4) is 0 Å². The molecule has 4 heteroatoms. The van der Waals surface area contributed by atoms with Gasteiger partial charge >= 0.3 is 0 Å². The summed E-state index contributed by atoms with van der Waals surface area (Å²) < 4.78 is 0. The van der Waals surface area contributed by atoms with Crippen molar-refractivity contribution in [1.29, 1.82) is 0 Å². The lowest BCUT2D eigenvalue weighted by Gasteiger charge is -2.18. The summed E-state index contributed by atoms with van der Waals surface area (Å²) in [5.41, 5.74) is 2.74. The van der Waals surface area contributed by atoms with E-state index in [-0.39, 0.29) is 11.3 Å². The predicted octanol–water partition coefficient (Wildman–Crippen LogP) is 5.94. The van der Waals surface area contributed by atoms with Crippen LogP contribution in [0, 0.1) is 0 Å². The molecule has 0 spiro atoms. The third kappa shape index (κ3) is 4.85. The Kier molecular flexibility index (Phi) is 5.51. The molecule has 1 N–H and O–H groups in total. The molecular weight excluding hydrogens is 329 g/mol. The predicted molar refractivity (Wildman–Crippen MR) is 99.3 cm³/mol. The average molecular weight is 348 g/mol. The van der Waals surface area contributed by atoms with E-state index in [1.807, 2.05) is 12.1 Å². The van der Waals surface area contributed by atoms with Crippen LogP contribution in [-0.2, 0) is 10.2 Å². The van der Waals surface area contributed by atoms with Gasteiger partial charge in [0.1, 0.15) is 0 Å². The van der Waals surface area contributed by atoms with Gasteiger partial charge in [0.15, 0.2) is 0 Å². The Bertz CT molecular complexity index is 708. The number of para-hydroxylation sites is 1. The molecule has 2 rings (SSSR count). The largest absolute Gasteiger partial charge is 0.320 e. The van der Waals surface area contributed by atoms with Gasteiger partial charge in [-0.3, -0.25) is 4.79 Å². The molecule has 0 radical (unpaired) electrons. The van der Waals surface area contributed by atoms with Gasteiger partial charge in [-0.2, -0.15) is 0 Å². The fourth-order valence-corrected chi connectivity index (χ4v) is 2.54. The molecule has 0 unspecified atom stereocenters. The Labute approximate surface area is 147 Å². The second-order valence-corrected chi connectivity index (χ2v) is 7.11. The first-order valence-electron chi connectivity index (χ1n) is 7.31. The van der Waals surface area contributed by atoms with Crippen LogP contribution < -0.4 is 5.32 Å². The first-order chi connectivity index (χ1) is 10.8. The first kappa shape index (κ1) is 17.6. The SMILES string of the molecule is CC(C)(C)c1ccc(C=CC(=O)Nc2c(Cl)cccc2Cl)cc1. The fourth-order valence-electron chi connectivity index (χ4n) is 2.05. The van der Waals surface area contributed by atoms with Crippen LogP contribution >= 0.6 is 23.2 Å². The Morgan fingerprint density at radius 3 is 2.09 bits per heavy atom. The van der Waals surface area contributed by atoms with E-state index in [0.717, 1.165) is 5.56 Å². The molecule has 0 aliphatic heterocycles. The van der Waals surface area contributed by atoms with Gasteiger partial charge in [-0.05, 0) is 34.8 Å². The van der Waals surface area contributed by atoms with Crippen molar-refractivity contribution in [3.63, 3.8) is 0 Å². The Balaban J connectivity index is 2.07. The van der Waals surface area contributed by atoms with Crippen molar-refractivity contribution in [3.05, 3.63) is 69.7 Å². The maximum Gasteiger partial charge on any atom is 0.248 e. The number of halogens is 2. The molecule has 0 saturated heterocycles. The van der Waals surface area contributed by atoms with Gasteiger partial charge in [-0.25, -0.2) is 0 Å². The molecule has 2 aromatic carbocycles. The quantitative estimate of drug-likeness (QED) is 0.683. The number of hydrogen-bond acceptors (Lipinski definition) is 1. The van der Waals surface area contributed by atoms with Crippen molar-refractivity contribution in [2.24, 2.45) is 0 Å². The highest BCUT2D eigenvalue weighted by atomic mass is 35.5. The molecule has 0 heterocycles. The molecular formula is C19H19Cl2NO. The minimum Gasteiger partial charge on any atom is -0.320 e. The van der Waals surface area contributed by atoms with E-state index in [0.29, 0.717) is 15.7 Å². The minimum absolute atomic E-state index is 0.112. The van der Waals surface area contributed by atoms with Crippen LogP contribution in [0.25, 0.3) is 6.08 Å². The van der Waals surface area contributed by atoms with Gasteiger partial charge < -0.3 is 5.32 Å². The molecule has 0 atom stereocenters. The molecule has 120 valence electrons. The second-order valence-electron chi connectivity index (χ2n) is 6.29. The van der Waals surface area contributed by atoms with Crippen LogP contribution in [0.2, 0.25) is 10.0 Å². The number of carbonyl (C=O) groups is 1. The summed E-state index contributed by atoms with van der Waals surface area (Å²) in [4.78, 5) is 12.0. The van der Waals surface area contributed by atoms with Gasteiger partial charge in [0.05, 0.1) is 15.7 Å². The van der Waals surface area contributed by atoms with Crippen molar-refractivity contribution in [3.8, 4) is 0 Å². The third-order valence-electron chi connectivity index (χ3n) is 3.41. The lowest BCUT2D eigenvalue weighted by atomic mass is 9.87. The van der Waals surface area contributed by atoms with Crippen LogP contribution in [0.4, 0.5) is 5.69 Å². The zero-order valence-corrected chi connectivity index (χ0v) is 14.9. The van der Waals surface area contributed by atoms with Crippen molar-refractivity contribution >= 4 is 40.9 Å². The van der Waals surface area contributed by atoms with E-state index in [1.165, 1.54) is 11.6 Å². The van der Waals surface area contributed by atoms with E-state index < -0.39 is 0 Å². The highest BCUT2D eigenvalue weighted by Crippen LogP contribution is 2.29. The topological polar surface area (TPSA) is 29.1 Å². The van der Waals surface area contributed by atoms with Gasteiger partial charge in [0, 0.05) is 6.08 Å². The number of amides is 1. The maximum absolute atomic E-state index is 12.0. The van der Waals surface area contributed by atoms with Crippen LogP contribution in [0.15, 0.2) is 48.5 Å². The van der Waals surface area contributed by atoms with Crippen LogP contribution in [0.5, 0.6) is 0 Å². The zero-order valence-electron chi connectivity index (χ0n) is 13.4. The van der Waals surface area contributed by atoms with Crippen molar-refractivity contribution in [1.82, 2.24) is 0 Å². The monoisotopic (exact) mass is 347 g/mol. The highest BCUT2D eigenvalue weighted by molar-refractivity contribution is 6.39. The lowest BCUT2D eigenvalue weighted by Crippen LogP contribution is -2.10. The summed E-state index contributed by atoms with van der Waals surface area (Å²) in [6, 6.07) is 13.2. The van der Waals surface area contributed by atoms with E-state index >= 15 is 0 Å². The molecule has 0 saturated carbocycles. The van der Waals surface area contributed by atoms with E-state index in [4.69, 9.17) is 23.2 Å². The van der Waals surface area contributed by atoms with Crippen LogP contribution in [0.1, 0.15) is 31.9 Å². The number of anilines is 1. The van der Waals surface area contributed by atoms with E-state index in [2.05, 4.69) is 38.2 Å². The molecule has 0 aliphatic carbocycles. The smallest absolute Gasteiger partial charge is 0.248 e. The third-order valence-corrected chi connectivity index (χ3v) is 4.04. The average Bonchev–Trinajstić information content (AvgIpc) is 2.48. The number of rotatable bonds is 3. The normalized spacial score (nSPS) is 11.7. The molecule has 2 nitrogen and oxygen atoms in total. The lowest BCUT2D eigenvalue weighted by molar-refractivity contribution is -0.111. The number of benzene rings is 2. The molecule has 0 aromatic heterocycles. The Morgan fingerprint density at radius 2 is 1.57 bits per heavy atom. The van der Waals surface area contributed by atoms with E-state index in [1.54, 1.807) is 24.3 Å². The van der Waals surface area contributed by atoms with Crippen molar-refractivity contribution in [2.75, 3.05) is 5.32 Å². The number of carbonyl (C=O) groups excluding carboxylic acids is 1. The Hall–Kier alpha value is -1.77. The molecule has 23 heavy (non-hydrogen) atoms. The standard InChI is InChI=1S/C19H19Cl2NO/c1-19(2,3)14-10-7-13(8-11-14)9-12-17(23)22-18-15(20)5-4-6-16(18)21/h4-12H,1-3H3,(H,22,23). The molecule has 2 aromatic rings. The molecule has 1 amide bonds. The van der Waals surface area contributed by atoms with Gasteiger partial charge in [0.25, 0.3) is 0 Å². The second kappa shape index (κ2) is 7.20. The molecule has 0 aliphatic rings. The summed E-state index contributed by atoms with van der Waals surface area (Å²) in [5, 5.41) is 3.52. The maximum atomic E-state index is 12.0. The van der Waals surface area contributed by atoms with E-state index in [9.17, 15) is 4.79 Å². The van der Waals surface area contributed by atoms with Crippen molar-refractivity contribution < 1.29 is 4.79 Å². The molecule has 0 fully saturated rings. The first-order valence-corrected chi connectivity index (χ1v) is 8.06. The highest BCUT2D eigenvalue weighted by Gasteiger charge is 2.12. The van der Waals surface area contributed by atoms with Gasteiger partial charge in [0.2, 0.25) is 5.91 Å². The Morgan fingerprint density at radius 1 is 1.00 bits per heavy atom. The fraction of sp³-hybridized carbons (Fsp3) is 0.211. The summed E-state index contributed by atoms with van der Waals surface area (Å²) in [6.45, 7) is 6.50. The zero-order chi connectivity index (χ0) is 17.0. The number of nitrogens with one attached hydrogen (secondary N) is 1. The van der Waals surface area contributed by atoms with Gasteiger partial charge in [-0.1, -0.05) is 74.3 Å². The summed E-state index contributed by atoms with van der Waals surface area (Å²) in [5.74, 6) is -0.278. The molecule has 0 bridgehead atoms. The minimum atomic E-state index is -0.278. The van der Waals surface area contributed by atoms with Crippen molar-refractivity contribution in [2.45, 2.75) is 26.2 Å². The van der Waals surface area contributed by atoms with Crippen LogP contribution in [-0.4, -0.2) is 5.91 Å². The van der Waals surface area contributed by atoms with Gasteiger partial charge in [-0.15, -0.1) is 0 Å². The number of hydrogen-bond donors (Lipinski definition) is 1. The summed E-state index contributed by atoms with van der Waals surface area (Å²) >= 11 is 12.1. The summed E-state index contributed by atoms with van der Waals surface area (Å²) in [7, 11) is 0. The summed E-state index contributed by atoms with van der Waals surface area (Å²) in [6.07, 6.45) is 3.22.